The molecule has 0 aliphatic rings. The number of nitro groups is 1. The van der Waals surface area contributed by atoms with Gasteiger partial charge in [0.15, 0.2) is 5.69 Å². The van der Waals surface area contributed by atoms with Crippen LogP contribution >= 0.6 is 0 Å². The zero-order valence-corrected chi connectivity index (χ0v) is 10.5. The van der Waals surface area contributed by atoms with Crippen LogP contribution in [0.3, 0.4) is 0 Å². The fourth-order valence-corrected chi connectivity index (χ4v) is 0.974. The molecule has 0 fully saturated rings. The summed E-state index contributed by atoms with van der Waals surface area (Å²) < 4.78 is 0. The Hall–Kier alpha value is -0.134. The molecule has 0 atom stereocenters. The molecule has 3 nitrogen and oxygen atoms in total. The van der Waals surface area contributed by atoms with Crippen molar-refractivity contribution in [1.29, 1.82) is 0 Å². The Morgan fingerprint density at radius 2 is 1.69 bits per heavy atom. The minimum absolute atomic E-state index is 0. The summed E-state index contributed by atoms with van der Waals surface area (Å²) in [6, 6.07) is 5.97. The first-order valence-electron chi connectivity index (χ1n) is 3.24. The second-order valence-corrected chi connectivity index (χ2v) is 2.46. The predicted molar refractivity (Wildman–Crippen MR) is 47.2 cm³/mol. The first-order valence-corrected chi connectivity index (χ1v) is 3.24. The molecule has 5 heteroatoms. The van der Waals surface area contributed by atoms with Crippen molar-refractivity contribution >= 4 is 28.7 Å². The number of nitrogens with zero attached hydrogens (tertiary/aromatic N) is 1. The van der Waals surface area contributed by atoms with Gasteiger partial charge in [0, 0.05) is 4.92 Å². The number of aryl methyl sites for hydroxylation is 2. The summed E-state index contributed by atoms with van der Waals surface area (Å²) in [7, 11) is 0. The standard InChI is InChI=1S/C8H8NO2.BrH.Mg/c1-6-3-7(2)5-8(4-6)9(10)11;;/h4-5H,1-2H3;1H;/q-1;;+2/p-1. The second kappa shape index (κ2) is 6.34. The fraction of sp³-hybridized carbons (Fsp3) is 0.250. The maximum atomic E-state index is 10.3. The minimum Gasteiger partial charge on any atom is -1.00 e. The molecule has 0 aromatic heterocycles. The van der Waals surface area contributed by atoms with Gasteiger partial charge in [-0.15, -0.1) is 0 Å². The number of non-ortho nitro benzene ring substituents is 1. The van der Waals surface area contributed by atoms with Crippen molar-refractivity contribution in [2.24, 2.45) is 0 Å². The number of hydrogen-bond acceptors (Lipinski definition) is 2. The van der Waals surface area contributed by atoms with Gasteiger partial charge in [-0.2, -0.15) is 17.2 Å². The first-order chi connectivity index (χ1) is 5.09. The van der Waals surface area contributed by atoms with Crippen LogP contribution < -0.4 is 17.0 Å². The summed E-state index contributed by atoms with van der Waals surface area (Å²) >= 11 is 0. The van der Waals surface area contributed by atoms with Gasteiger partial charge in [-0.05, 0) is 0 Å². The third-order valence-corrected chi connectivity index (χ3v) is 1.33. The Bertz CT molecular complexity index is 284. The zero-order valence-electron chi connectivity index (χ0n) is 7.50. The average molecular weight is 254 g/mol. The average Bonchev–Trinajstić information content (AvgIpc) is 1.85. The van der Waals surface area contributed by atoms with Gasteiger partial charge in [-0.25, -0.2) is 0 Å². The van der Waals surface area contributed by atoms with Crippen molar-refractivity contribution < 1.29 is 21.9 Å². The smallest absolute Gasteiger partial charge is 1.00 e. The molecule has 0 aliphatic heterocycles. The number of halogens is 1. The molecular formula is C8H8BrMgNO2. The van der Waals surface area contributed by atoms with Crippen LogP contribution in [0.4, 0.5) is 5.69 Å². The van der Waals surface area contributed by atoms with Crippen molar-refractivity contribution in [3.05, 3.63) is 39.4 Å². The first kappa shape index (κ1) is 15.3. The molecule has 66 valence electrons. The van der Waals surface area contributed by atoms with Gasteiger partial charge in [-0.1, -0.05) is 26.0 Å². The van der Waals surface area contributed by atoms with Crippen LogP contribution in [0.5, 0.6) is 0 Å². The van der Waals surface area contributed by atoms with Crippen molar-refractivity contribution in [3.8, 4) is 0 Å². The number of nitro benzene ring substituents is 1. The molecule has 0 unspecified atom stereocenters. The van der Waals surface area contributed by atoms with Gasteiger partial charge < -0.3 is 17.0 Å². The van der Waals surface area contributed by atoms with E-state index in [-0.39, 0.29) is 45.7 Å². The van der Waals surface area contributed by atoms with Crippen molar-refractivity contribution in [1.82, 2.24) is 0 Å². The zero-order chi connectivity index (χ0) is 8.43. The minimum atomic E-state index is -0.395. The summed E-state index contributed by atoms with van der Waals surface area (Å²) in [4.78, 5) is 9.90. The Morgan fingerprint density at radius 3 is 2.00 bits per heavy atom. The van der Waals surface area contributed by atoms with Crippen molar-refractivity contribution in [2.45, 2.75) is 13.8 Å². The molecule has 1 aromatic rings. The number of hydrogen-bond donors (Lipinski definition) is 0. The van der Waals surface area contributed by atoms with Gasteiger partial charge in [0.1, 0.15) is 0 Å². The molecule has 0 N–H and O–H groups in total. The summed E-state index contributed by atoms with van der Waals surface area (Å²) in [6.07, 6.45) is 0. The van der Waals surface area contributed by atoms with Crippen LogP contribution in [0.25, 0.3) is 0 Å². The van der Waals surface area contributed by atoms with Crippen LogP contribution in [0.15, 0.2) is 12.1 Å². The van der Waals surface area contributed by atoms with E-state index in [0.717, 1.165) is 11.1 Å². The molecule has 0 bridgehead atoms. The van der Waals surface area contributed by atoms with Gasteiger partial charge in [-0.3, -0.25) is 10.1 Å². The SMILES string of the molecule is Cc1[c-]c(C)cc([N+](=O)[O-])c1.[Br-].[Mg+2]. The van der Waals surface area contributed by atoms with Crippen molar-refractivity contribution in [3.63, 3.8) is 0 Å². The summed E-state index contributed by atoms with van der Waals surface area (Å²) in [5.41, 5.74) is 1.74. The van der Waals surface area contributed by atoms with Gasteiger partial charge in [0.05, 0.1) is 0 Å². The van der Waals surface area contributed by atoms with E-state index >= 15 is 0 Å². The van der Waals surface area contributed by atoms with Gasteiger partial charge >= 0.3 is 23.1 Å². The van der Waals surface area contributed by atoms with E-state index in [0.29, 0.717) is 0 Å². The molecule has 0 amide bonds. The van der Waals surface area contributed by atoms with Crippen LogP contribution in [0.1, 0.15) is 11.1 Å². The van der Waals surface area contributed by atoms with E-state index in [1.165, 1.54) is 12.1 Å². The Kier molecular flexibility index (Phi) is 7.48. The van der Waals surface area contributed by atoms with E-state index in [4.69, 9.17) is 0 Å². The third-order valence-electron chi connectivity index (χ3n) is 1.33. The molecule has 13 heavy (non-hydrogen) atoms. The molecule has 0 spiro atoms. The van der Waals surface area contributed by atoms with Crippen LogP contribution in [-0.4, -0.2) is 28.0 Å². The molecule has 1 aromatic carbocycles. The predicted octanol–water partition coefficient (Wildman–Crippen LogP) is -1.36. The van der Waals surface area contributed by atoms with E-state index in [1.807, 2.05) is 0 Å². The van der Waals surface area contributed by atoms with Crippen LogP contribution in [-0.2, 0) is 0 Å². The van der Waals surface area contributed by atoms with E-state index in [1.54, 1.807) is 13.8 Å². The molecule has 0 aliphatic carbocycles. The Labute approximate surface area is 104 Å². The monoisotopic (exact) mass is 253 g/mol. The molecule has 0 saturated carbocycles. The Morgan fingerprint density at radius 1 is 1.31 bits per heavy atom. The summed E-state index contributed by atoms with van der Waals surface area (Å²) in [6.45, 7) is 3.58. The van der Waals surface area contributed by atoms with E-state index < -0.39 is 4.92 Å². The molecule has 1 rings (SSSR count). The summed E-state index contributed by atoms with van der Waals surface area (Å²) in [5, 5.41) is 10.3. The normalized spacial score (nSPS) is 8.15. The molecule has 0 heterocycles. The maximum Gasteiger partial charge on any atom is 2.00 e. The van der Waals surface area contributed by atoms with Gasteiger partial charge in [0.25, 0.3) is 0 Å². The molecule has 0 radical (unpaired) electrons. The third kappa shape index (κ3) is 4.59. The number of rotatable bonds is 1. The Balaban J connectivity index is 0. The van der Waals surface area contributed by atoms with E-state index in [9.17, 15) is 10.1 Å². The maximum absolute atomic E-state index is 10.3. The van der Waals surface area contributed by atoms with Gasteiger partial charge in [0.2, 0.25) is 0 Å². The molecule has 0 saturated heterocycles. The summed E-state index contributed by atoms with van der Waals surface area (Å²) in [5.74, 6) is 0. The second-order valence-electron chi connectivity index (χ2n) is 2.46. The number of benzene rings is 1. The van der Waals surface area contributed by atoms with Crippen LogP contribution in [0.2, 0.25) is 0 Å². The largest absolute Gasteiger partial charge is 2.00 e. The molecular weight excluding hydrogens is 246 g/mol. The van der Waals surface area contributed by atoms with E-state index in [2.05, 4.69) is 6.07 Å². The fourth-order valence-electron chi connectivity index (χ4n) is 0.974. The quantitative estimate of drug-likeness (QED) is 0.269. The van der Waals surface area contributed by atoms with Crippen LogP contribution in [0, 0.1) is 30.0 Å². The topological polar surface area (TPSA) is 43.1 Å². The van der Waals surface area contributed by atoms with Crippen molar-refractivity contribution in [2.75, 3.05) is 0 Å².